The van der Waals surface area contributed by atoms with Crippen molar-refractivity contribution in [1.82, 2.24) is 5.32 Å². The zero-order valence-electron chi connectivity index (χ0n) is 11.0. The van der Waals surface area contributed by atoms with Crippen molar-refractivity contribution in [2.45, 2.75) is 46.0 Å². The number of carbonyl (C=O) groups is 2. The summed E-state index contributed by atoms with van der Waals surface area (Å²) in [4.78, 5) is 22.6. The minimum Gasteiger partial charge on any atom is -0.481 e. The Labute approximate surface area is 103 Å². The maximum Gasteiger partial charge on any atom is 0.307 e. The van der Waals surface area contributed by atoms with Crippen LogP contribution in [0.1, 0.15) is 46.0 Å². The molecule has 1 amide bonds. The summed E-state index contributed by atoms with van der Waals surface area (Å²) in [6.07, 6.45) is 4.04. The fourth-order valence-corrected chi connectivity index (χ4v) is 2.58. The van der Waals surface area contributed by atoms with E-state index < -0.39 is 11.9 Å². The molecule has 98 valence electrons. The minimum atomic E-state index is -0.835. The van der Waals surface area contributed by atoms with E-state index >= 15 is 0 Å². The summed E-state index contributed by atoms with van der Waals surface area (Å²) in [5, 5.41) is 11.7. The number of carboxylic acids is 1. The number of carboxylic acid groups (broad SMARTS) is 1. The Hall–Kier alpha value is -1.06. The van der Waals surface area contributed by atoms with Crippen molar-refractivity contribution in [3.63, 3.8) is 0 Å². The third-order valence-electron chi connectivity index (χ3n) is 3.95. The predicted molar refractivity (Wildman–Crippen MR) is 65.5 cm³/mol. The predicted octanol–water partition coefficient (Wildman–Crippen LogP) is 2.04. The molecule has 1 saturated carbocycles. The molecule has 0 radical (unpaired) electrons. The molecule has 0 aliphatic heterocycles. The number of amides is 1. The Morgan fingerprint density at radius 1 is 1.35 bits per heavy atom. The average molecular weight is 241 g/mol. The first-order chi connectivity index (χ1) is 7.85. The Kier molecular flexibility index (Phi) is 4.54. The number of hydrogen-bond acceptors (Lipinski definition) is 2. The van der Waals surface area contributed by atoms with Crippen LogP contribution in [0.15, 0.2) is 0 Å². The van der Waals surface area contributed by atoms with Gasteiger partial charge in [-0.2, -0.15) is 0 Å². The molecule has 17 heavy (non-hydrogen) atoms. The van der Waals surface area contributed by atoms with Crippen LogP contribution in [0.3, 0.4) is 0 Å². The molecule has 1 aliphatic rings. The highest BCUT2D eigenvalue weighted by atomic mass is 16.4. The van der Waals surface area contributed by atoms with Crippen molar-refractivity contribution in [2.75, 3.05) is 7.05 Å². The van der Waals surface area contributed by atoms with Crippen LogP contribution in [0, 0.1) is 17.3 Å². The number of nitrogens with one attached hydrogen (secondary N) is 1. The van der Waals surface area contributed by atoms with Crippen LogP contribution in [0.5, 0.6) is 0 Å². The van der Waals surface area contributed by atoms with Gasteiger partial charge in [-0.25, -0.2) is 0 Å². The van der Waals surface area contributed by atoms with E-state index in [9.17, 15) is 14.7 Å². The lowest BCUT2D eigenvalue weighted by atomic mass is 9.69. The van der Waals surface area contributed by atoms with Gasteiger partial charge in [0.25, 0.3) is 0 Å². The number of carbonyl (C=O) groups excluding carboxylic acids is 1. The third-order valence-corrected chi connectivity index (χ3v) is 3.95. The van der Waals surface area contributed by atoms with Crippen molar-refractivity contribution < 1.29 is 14.7 Å². The smallest absolute Gasteiger partial charge is 0.307 e. The zero-order chi connectivity index (χ0) is 13.1. The lowest BCUT2D eigenvalue weighted by Gasteiger charge is -2.36. The second-order valence-electron chi connectivity index (χ2n) is 5.82. The summed E-state index contributed by atoms with van der Waals surface area (Å²) in [5.74, 6) is -1.38. The quantitative estimate of drug-likeness (QED) is 0.791. The highest BCUT2D eigenvalue weighted by Gasteiger charge is 2.35. The van der Waals surface area contributed by atoms with E-state index in [1.165, 1.54) is 0 Å². The van der Waals surface area contributed by atoms with E-state index in [0.717, 1.165) is 25.7 Å². The molecule has 4 nitrogen and oxygen atoms in total. The first-order valence-electron chi connectivity index (χ1n) is 6.29. The maximum absolute atomic E-state index is 11.3. The Morgan fingerprint density at radius 3 is 2.29 bits per heavy atom. The van der Waals surface area contributed by atoms with Crippen molar-refractivity contribution in [2.24, 2.45) is 17.3 Å². The van der Waals surface area contributed by atoms with E-state index in [-0.39, 0.29) is 18.2 Å². The van der Waals surface area contributed by atoms with Gasteiger partial charge in [0.2, 0.25) is 5.91 Å². The summed E-state index contributed by atoms with van der Waals surface area (Å²) in [5.41, 5.74) is 0.326. The monoisotopic (exact) mass is 241 g/mol. The topological polar surface area (TPSA) is 66.4 Å². The first-order valence-corrected chi connectivity index (χ1v) is 6.29. The second kappa shape index (κ2) is 5.52. The number of rotatable bonds is 4. The van der Waals surface area contributed by atoms with E-state index in [0.29, 0.717) is 5.41 Å². The summed E-state index contributed by atoms with van der Waals surface area (Å²) in [6.45, 7) is 4.44. The molecule has 1 atom stereocenters. The van der Waals surface area contributed by atoms with Gasteiger partial charge in [-0.3, -0.25) is 9.59 Å². The molecule has 0 heterocycles. The second-order valence-corrected chi connectivity index (χ2v) is 5.82. The highest BCUT2D eigenvalue weighted by Crippen LogP contribution is 2.41. The van der Waals surface area contributed by atoms with Crippen molar-refractivity contribution in [3.05, 3.63) is 0 Å². The van der Waals surface area contributed by atoms with Gasteiger partial charge in [-0.15, -0.1) is 0 Å². The normalized spacial score (nSPS) is 21.8. The van der Waals surface area contributed by atoms with E-state index in [2.05, 4.69) is 19.2 Å². The van der Waals surface area contributed by atoms with Crippen molar-refractivity contribution in [1.29, 1.82) is 0 Å². The molecule has 0 aromatic rings. The molecule has 0 bridgehead atoms. The van der Waals surface area contributed by atoms with Gasteiger partial charge in [0.05, 0.1) is 5.92 Å². The maximum atomic E-state index is 11.3. The zero-order valence-corrected chi connectivity index (χ0v) is 11.0. The van der Waals surface area contributed by atoms with Gasteiger partial charge >= 0.3 is 5.97 Å². The van der Waals surface area contributed by atoms with Gasteiger partial charge in [-0.1, -0.05) is 13.8 Å². The molecule has 4 heteroatoms. The molecular weight excluding hydrogens is 218 g/mol. The summed E-state index contributed by atoms with van der Waals surface area (Å²) < 4.78 is 0. The van der Waals surface area contributed by atoms with Gasteiger partial charge in [0.1, 0.15) is 0 Å². The largest absolute Gasteiger partial charge is 0.481 e. The molecule has 1 unspecified atom stereocenters. The number of hydrogen-bond donors (Lipinski definition) is 2. The molecule has 0 aromatic carbocycles. The van der Waals surface area contributed by atoms with Gasteiger partial charge in [-0.05, 0) is 37.0 Å². The Balaban J connectivity index is 2.60. The van der Waals surface area contributed by atoms with Crippen LogP contribution >= 0.6 is 0 Å². The van der Waals surface area contributed by atoms with Crippen LogP contribution in [0.4, 0.5) is 0 Å². The van der Waals surface area contributed by atoms with Crippen LogP contribution in [0.25, 0.3) is 0 Å². The molecule has 1 fully saturated rings. The first kappa shape index (κ1) is 14.0. The van der Waals surface area contributed by atoms with Crippen LogP contribution in [-0.2, 0) is 9.59 Å². The summed E-state index contributed by atoms with van der Waals surface area (Å²) in [7, 11) is 1.55. The summed E-state index contributed by atoms with van der Waals surface area (Å²) >= 11 is 0. The minimum absolute atomic E-state index is 0.108. The molecule has 2 N–H and O–H groups in total. The fraction of sp³-hybridized carbons (Fsp3) is 0.846. The SMILES string of the molecule is CNC(=O)CC(C(=O)O)C1CCC(C)(C)CC1. The molecule has 0 aromatic heterocycles. The third kappa shape index (κ3) is 4.02. The van der Waals surface area contributed by atoms with Gasteiger partial charge in [0.15, 0.2) is 0 Å². The Morgan fingerprint density at radius 2 is 1.88 bits per heavy atom. The van der Waals surface area contributed by atoms with E-state index in [1.54, 1.807) is 7.05 Å². The average Bonchev–Trinajstić information content (AvgIpc) is 2.26. The Bertz CT molecular complexity index is 289. The van der Waals surface area contributed by atoms with Crippen LogP contribution in [0.2, 0.25) is 0 Å². The van der Waals surface area contributed by atoms with Crippen LogP contribution < -0.4 is 5.32 Å². The molecule has 1 rings (SSSR count). The lowest BCUT2D eigenvalue weighted by molar-refractivity contribution is -0.147. The molecule has 1 aliphatic carbocycles. The van der Waals surface area contributed by atoms with Gasteiger partial charge in [0, 0.05) is 13.5 Å². The summed E-state index contributed by atoms with van der Waals surface area (Å²) in [6, 6.07) is 0. The fourth-order valence-electron chi connectivity index (χ4n) is 2.58. The standard InChI is InChI=1S/C13H23NO3/c1-13(2)6-4-9(5-7-13)10(12(16)17)8-11(15)14-3/h9-10H,4-8H2,1-3H3,(H,14,15)(H,16,17). The lowest BCUT2D eigenvalue weighted by Crippen LogP contribution is -2.34. The highest BCUT2D eigenvalue weighted by molar-refractivity contribution is 5.82. The van der Waals surface area contributed by atoms with Gasteiger partial charge < -0.3 is 10.4 Å². The van der Waals surface area contributed by atoms with Crippen molar-refractivity contribution in [3.8, 4) is 0 Å². The molecular formula is C13H23NO3. The molecule has 0 saturated heterocycles. The van der Waals surface area contributed by atoms with E-state index in [4.69, 9.17) is 0 Å². The van der Waals surface area contributed by atoms with Crippen molar-refractivity contribution >= 4 is 11.9 Å². The number of aliphatic carboxylic acids is 1. The molecule has 0 spiro atoms. The van der Waals surface area contributed by atoms with Crippen LogP contribution in [-0.4, -0.2) is 24.0 Å². The van der Waals surface area contributed by atoms with E-state index in [1.807, 2.05) is 0 Å².